The van der Waals surface area contributed by atoms with Gasteiger partial charge in [0.2, 0.25) is 0 Å². The molecule has 1 N–H and O–H groups in total. The standard InChI is InChI=1S/C13H18F3N/c1-7(2)8(3)13(17-4)9-5-11(15)12(16)6-10(9)14/h5-8,13,17H,1-4H3. The van der Waals surface area contributed by atoms with E-state index in [0.717, 1.165) is 6.07 Å². The lowest BCUT2D eigenvalue weighted by Crippen LogP contribution is -2.27. The van der Waals surface area contributed by atoms with E-state index in [-0.39, 0.29) is 17.5 Å². The summed E-state index contributed by atoms with van der Waals surface area (Å²) >= 11 is 0. The maximum atomic E-state index is 13.6. The first-order chi connectivity index (χ1) is 7.88. The van der Waals surface area contributed by atoms with Gasteiger partial charge in [-0.1, -0.05) is 20.8 Å². The summed E-state index contributed by atoms with van der Waals surface area (Å²) in [5.74, 6) is -2.47. The third-order valence-electron chi connectivity index (χ3n) is 3.26. The third-order valence-corrected chi connectivity index (χ3v) is 3.26. The molecule has 0 aliphatic heterocycles. The van der Waals surface area contributed by atoms with Crippen molar-refractivity contribution >= 4 is 0 Å². The Morgan fingerprint density at radius 2 is 1.47 bits per heavy atom. The number of hydrogen-bond donors (Lipinski definition) is 1. The molecule has 0 fully saturated rings. The van der Waals surface area contributed by atoms with Gasteiger partial charge in [-0.2, -0.15) is 0 Å². The minimum atomic E-state index is -1.15. The van der Waals surface area contributed by atoms with Gasteiger partial charge in [-0.05, 0) is 24.9 Å². The lowest BCUT2D eigenvalue weighted by atomic mass is 9.86. The molecule has 0 saturated carbocycles. The zero-order valence-corrected chi connectivity index (χ0v) is 10.5. The van der Waals surface area contributed by atoms with E-state index in [1.54, 1.807) is 7.05 Å². The Kier molecular flexibility index (Phi) is 4.57. The molecule has 1 aromatic rings. The summed E-state index contributed by atoms with van der Waals surface area (Å²) in [6.45, 7) is 5.96. The normalized spacial score (nSPS) is 15.1. The second kappa shape index (κ2) is 5.54. The number of hydrogen-bond acceptors (Lipinski definition) is 1. The second-order valence-electron chi connectivity index (χ2n) is 4.66. The average Bonchev–Trinajstić information content (AvgIpc) is 2.25. The third kappa shape index (κ3) is 3.00. The minimum Gasteiger partial charge on any atom is -0.313 e. The zero-order valence-electron chi connectivity index (χ0n) is 10.5. The summed E-state index contributed by atoms with van der Waals surface area (Å²) in [4.78, 5) is 0. The van der Waals surface area contributed by atoms with E-state index < -0.39 is 17.5 Å². The lowest BCUT2D eigenvalue weighted by molar-refractivity contribution is 0.308. The molecule has 1 aromatic carbocycles. The van der Waals surface area contributed by atoms with Crippen LogP contribution in [-0.4, -0.2) is 7.05 Å². The maximum Gasteiger partial charge on any atom is 0.161 e. The van der Waals surface area contributed by atoms with Crippen LogP contribution < -0.4 is 5.32 Å². The molecule has 1 rings (SSSR count). The predicted octanol–water partition coefficient (Wildman–Crippen LogP) is 3.66. The number of rotatable bonds is 4. The topological polar surface area (TPSA) is 12.0 Å². The van der Waals surface area contributed by atoms with Crippen molar-refractivity contribution in [3.05, 3.63) is 35.1 Å². The molecule has 0 saturated heterocycles. The zero-order chi connectivity index (χ0) is 13.2. The quantitative estimate of drug-likeness (QED) is 0.798. The van der Waals surface area contributed by atoms with Crippen LogP contribution in [0.25, 0.3) is 0 Å². The van der Waals surface area contributed by atoms with E-state index in [9.17, 15) is 13.2 Å². The van der Waals surface area contributed by atoms with E-state index in [2.05, 4.69) is 5.32 Å². The molecular formula is C13H18F3N. The Morgan fingerprint density at radius 1 is 0.941 bits per heavy atom. The SMILES string of the molecule is CNC(c1cc(F)c(F)cc1F)C(C)C(C)C. The van der Waals surface area contributed by atoms with E-state index >= 15 is 0 Å². The van der Waals surface area contributed by atoms with Crippen molar-refractivity contribution in [3.8, 4) is 0 Å². The van der Waals surface area contributed by atoms with Gasteiger partial charge >= 0.3 is 0 Å². The first kappa shape index (κ1) is 14.0. The van der Waals surface area contributed by atoms with Crippen molar-refractivity contribution in [2.75, 3.05) is 7.05 Å². The van der Waals surface area contributed by atoms with Crippen LogP contribution in [0.2, 0.25) is 0 Å². The highest BCUT2D eigenvalue weighted by molar-refractivity contribution is 5.24. The van der Waals surface area contributed by atoms with Crippen molar-refractivity contribution in [1.82, 2.24) is 5.32 Å². The monoisotopic (exact) mass is 245 g/mol. The Morgan fingerprint density at radius 3 is 1.94 bits per heavy atom. The van der Waals surface area contributed by atoms with Gasteiger partial charge in [0.15, 0.2) is 11.6 Å². The molecule has 4 heteroatoms. The van der Waals surface area contributed by atoms with Crippen LogP contribution in [0.3, 0.4) is 0 Å². The van der Waals surface area contributed by atoms with Crippen molar-refractivity contribution in [3.63, 3.8) is 0 Å². The Balaban J connectivity index is 3.16. The van der Waals surface area contributed by atoms with Gasteiger partial charge in [0.25, 0.3) is 0 Å². The van der Waals surface area contributed by atoms with Gasteiger partial charge in [0.1, 0.15) is 5.82 Å². The van der Waals surface area contributed by atoms with E-state index in [1.807, 2.05) is 20.8 Å². The number of nitrogens with one attached hydrogen (secondary N) is 1. The summed E-state index contributed by atoms with van der Waals surface area (Å²) in [5.41, 5.74) is 0.174. The Hall–Kier alpha value is -1.03. The molecule has 0 amide bonds. The van der Waals surface area contributed by atoms with Crippen LogP contribution >= 0.6 is 0 Å². The number of halogens is 3. The van der Waals surface area contributed by atoms with Crippen molar-refractivity contribution in [2.45, 2.75) is 26.8 Å². The van der Waals surface area contributed by atoms with E-state index in [1.165, 1.54) is 0 Å². The van der Waals surface area contributed by atoms with Crippen molar-refractivity contribution in [2.24, 2.45) is 11.8 Å². The highest BCUT2D eigenvalue weighted by Gasteiger charge is 2.24. The van der Waals surface area contributed by atoms with Crippen LogP contribution in [0.4, 0.5) is 13.2 Å². The smallest absolute Gasteiger partial charge is 0.161 e. The van der Waals surface area contributed by atoms with E-state index in [4.69, 9.17) is 0 Å². The van der Waals surface area contributed by atoms with Gasteiger partial charge in [-0.25, -0.2) is 13.2 Å². The highest BCUT2D eigenvalue weighted by Crippen LogP contribution is 2.30. The molecule has 2 atom stereocenters. The largest absolute Gasteiger partial charge is 0.313 e. The summed E-state index contributed by atoms with van der Waals surface area (Å²) in [5, 5.41) is 2.96. The fourth-order valence-electron chi connectivity index (χ4n) is 1.86. The molecule has 0 aromatic heterocycles. The Labute approximate surface area is 100 Å². The predicted molar refractivity (Wildman–Crippen MR) is 62.1 cm³/mol. The van der Waals surface area contributed by atoms with Gasteiger partial charge in [0.05, 0.1) is 0 Å². The van der Waals surface area contributed by atoms with Crippen LogP contribution in [0.1, 0.15) is 32.4 Å². The summed E-state index contributed by atoms with van der Waals surface area (Å²) in [6, 6.07) is 1.21. The average molecular weight is 245 g/mol. The molecule has 2 unspecified atom stereocenters. The molecule has 0 aliphatic carbocycles. The summed E-state index contributed by atoms with van der Waals surface area (Å²) < 4.78 is 39.6. The van der Waals surface area contributed by atoms with Crippen molar-refractivity contribution in [1.29, 1.82) is 0 Å². The molecule has 96 valence electrons. The maximum absolute atomic E-state index is 13.6. The van der Waals surface area contributed by atoms with Gasteiger partial charge in [-0.15, -0.1) is 0 Å². The van der Waals surface area contributed by atoms with Gasteiger partial charge in [0, 0.05) is 17.7 Å². The highest BCUT2D eigenvalue weighted by atomic mass is 19.2. The van der Waals surface area contributed by atoms with Crippen LogP contribution in [-0.2, 0) is 0 Å². The molecule has 17 heavy (non-hydrogen) atoms. The molecule has 0 aliphatic rings. The Bertz CT molecular complexity index is 390. The lowest BCUT2D eigenvalue weighted by Gasteiger charge is -2.27. The minimum absolute atomic E-state index is 0.111. The molecule has 1 nitrogen and oxygen atoms in total. The van der Waals surface area contributed by atoms with Gasteiger partial charge in [-0.3, -0.25) is 0 Å². The van der Waals surface area contributed by atoms with Gasteiger partial charge < -0.3 is 5.32 Å². The molecular weight excluding hydrogens is 227 g/mol. The summed E-state index contributed by atoms with van der Waals surface area (Å²) in [6.07, 6.45) is 0. The fraction of sp³-hybridized carbons (Fsp3) is 0.538. The van der Waals surface area contributed by atoms with E-state index in [0.29, 0.717) is 12.0 Å². The molecule has 0 radical (unpaired) electrons. The molecule has 0 bridgehead atoms. The van der Waals surface area contributed by atoms with Crippen LogP contribution in [0, 0.1) is 29.3 Å². The first-order valence-corrected chi connectivity index (χ1v) is 5.70. The second-order valence-corrected chi connectivity index (χ2v) is 4.66. The van der Waals surface area contributed by atoms with Crippen LogP contribution in [0.5, 0.6) is 0 Å². The number of benzene rings is 1. The van der Waals surface area contributed by atoms with Crippen LogP contribution in [0.15, 0.2) is 12.1 Å². The van der Waals surface area contributed by atoms with Crippen molar-refractivity contribution < 1.29 is 13.2 Å². The fourth-order valence-corrected chi connectivity index (χ4v) is 1.86. The first-order valence-electron chi connectivity index (χ1n) is 5.70. The summed E-state index contributed by atoms with van der Waals surface area (Å²) in [7, 11) is 1.68. The molecule has 0 heterocycles. The molecule has 0 spiro atoms.